The number of aromatic nitrogens is 12. The zero-order valence-corrected chi connectivity index (χ0v) is 74.7. The largest absolute Gasteiger partial charge is 0.309 e. The minimum Gasteiger partial charge on any atom is -0.309 e. The van der Waals surface area contributed by atoms with Gasteiger partial charge in [0.25, 0.3) is 0 Å². The molecule has 0 bridgehead atoms. The maximum atomic E-state index is 5.34. The SMILES string of the molecule is c1ccc(-c2nc(-c3ccc(-c4ccc(-c5ccc6c(c5)c5ccccc5n6-c5ccccc5)cc4)cc3)n3c2ccc2cccnc23)cc1.c1ccc(-c2nc(-c3cccc(-c4ccc5c(c4)c4ccccc4n5-c4ccccc4)c3)n3c2ccc2cccnc23)cc1.c1ccc(-c2nc(-c3ccccc3-c3ccc4c(c3)c3ccccc3n4-c3ccccc3)n3c2ccc2cccnc23)cc1. The molecule has 0 saturated carbocycles. The molecule has 138 heavy (non-hydrogen) atoms. The minimum atomic E-state index is 0.880. The van der Waals surface area contributed by atoms with Gasteiger partial charge in [-0.2, -0.15) is 0 Å². The van der Waals surface area contributed by atoms with Gasteiger partial charge < -0.3 is 13.7 Å². The maximum Gasteiger partial charge on any atom is 0.147 e. The monoisotopic (exact) mass is 1760 g/mol. The Bertz CT molecular complexity index is 9550. The normalized spacial score (nSPS) is 11.6. The van der Waals surface area contributed by atoms with Crippen LogP contribution in [-0.2, 0) is 0 Å². The van der Waals surface area contributed by atoms with E-state index in [1.165, 1.54) is 93.4 Å². The lowest BCUT2D eigenvalue weighted by molar-refractivity contribution is 1.17. The summed E-state index contributed by atoms with van der Waals surface area (Å²) in [5.41, 5.74) is 35.1. The molecule has 0 aliphatic rings. The average Bonchev–Trinajstić information content (AvgIpc) is 1.59. The van der Waals surface area contributed by atoms with Crippen LogP contribution >= 0.6 is 0 Å². The first-order valence-electron chi connectivity index (χ1n) is 46.6. The van der Waals surface area contributed by atoms with Crippen molar-refractivity contribution in [2.75, 3.05) is 0 Å². The van der Waals surface area contributed by atoms with Crippen molar-refractivity contribution in [3.05, 3.63) is 498 Å². The first-order valence-corrected chi connectivity index (χ1v) is 46.6. The summed E-state index contributed by atoms with van der Waals surface area (Å²) in [5, 5.41) is 10.7. The molecule has 0 unspecified atom stereocenters. The van der Waals surface area contributed by atoms with Gasteiger partial charge in [0, 0.05) is 118 Å². The topological polar surface area (TPSA) is 105 Å². The molecule has 28 aromatic rings. The molecule has 0 spiro atoms. The van der Waals surface area contributed by atoms with Gasteiger partial charge in [-0.05, 0) is 214 Å². The summed E-state index contributed by atoms with van der Waals surface area (Å²) < 4.78 is 13.7. The summed E-state index contributed by atoms with van der Waals surface area (Å²) >= 11 is 0. The lowest BCUT2D eigenvalue weighted by Crippen LogP contribution is -1.96. The lowest BCUT2D eigenvalue weighted by Gasteiger charge is -2.12. The number of imidazole rings is 3. The van der Waals surface area contributed by atoms with Crippen LogP contribution in [0.3, 0.4) is 0 Å². The van der Waals surface area contributed by atoms with E-state index in [1.807, 2.05) is 55.0 Å². The van der Waals surface area contributed by atoms with E-state index in [0.717, 1.165) is 151 Å². The Morgan fingerprint density at radius 1 is 0.152 bits per heavy atom. The van der Waals surface area contributed by atoms with Crippen molar-refractivity contribution in [2.24, 2.45) is 0 Å². The third-order valence-electron chi connectivity index (χ3n) is 26.9. The first-order chi connectivity index (χ1) is 68.5. The van der Waals surface area contributed by atoms with Crippen LogP contribution in [0.15, 0.2) is 498 Å². The summed E-state index contributed by atoms with van der Waals surface area (Å²) in [7, 11) is 0. The van der Waals surface area contributed by atoms with Crippen LogP contribution in [0.2, 0.25) is 0 Å². The molecule has 0 fully saturated rings. The summed E-state index contributed by atoms with van der Waals surface area (Å²) in [6.07, 6.45) is 5.56. The Labute approximate surface area is 793 Å². The van der Waals surface area contributed by atoms with Crippen molar-refractivity contribution in [2.45, 2.75) is 0 Å². The van der Waals surface area contributed by atoms with Crippen molar-refractivity contribution in [1.29, 1.82) is 0 Å². The second-order valence-electron chi connectivity index (χ2n) is 34.9. The van der Waals surface area contributed by atoms with E-state index in [1.54, 1.807) is 0 Å². The molecular formula is C126H82N12. The summed E-state index contributed by atoms with van der Waals surface area (Å²) in [5.74, 6) is 2.64. The zero-order chi connectivity index (χ0) is 91.1. The van der Waals surface area contributed by atoms with Gasteiger partial charge in [0.2, 0.25) is 0 Å². The first kappa shape index (κ1) is 80.1. The van der Waals surface area contributed by atoms with E-state index in [9.17, 15) is 0 Å². The van der Waals surface area contributed by atoms with Crippen molar-refractivity contribution >= 4 is 115 Å². The molecule has 12 heteroatoms. The van der Waals surface area contributed by atoms with Crippen molar-refractivity contribution < 1.29 is 0 Å². The Kier molecular flexibility index (Phi) is 19.6. The van der Waals surface area contributed by atoms with Crippen LogP contribution in [0, 0.1) is 0 Å². The number of hydrogen-bond acceptors (Lipinski definition) is 6. The van der Waals surface area contributed by atoms with E-state index in [4.69, 9.17) is 29.9 Å². The average molecular weight is 1760 g/mol. The molecule has 0 N–H and O–H groups in total. The molecule has 0 saturated heterocycles. The Morgan fingerprint density at radius 3 is 0.841 bits per heavy atom. The molecule has 0 aliphatic heterocycles. The highest BCUT2D eigenvalue weighted by atomic mass is 15.1. The van der Waals surface area contributed by atoms with Crippen molar-refractivity contribution in [1.82, 2.24) is 56.8 Å². The quantitative estimate of drug-likeness (QED) is 0.114. The maximum absolute atomic E-state index is 5.34. The van der Waals surface area contributed by atoms with Crippen LogP contribution < -0.4 is 0 Å². The summed E-state index contributed by atoms with van der Waals surface area (Å²) in [4.78, 5) is 30.2. The Morgan fingerprint density at radius 2 is 0.428 bits per heavy atom. The van der Waals surface area contributed by atoms with Gasteiger partial charge in [-0.1, -0.05) is 309 Å². The van der Waals surface area contributed by atoms with E-state index in [-0.39, 0.29) is 0 Å². The van der Waals surface area contributed by atoms with E-state index >= 15 is 0 Å². The number of pyridine rings is 6. The predicted molar refractivity (Wildman–Crippen MR) is 569 cm³/mol. The summed E-state index contributed by atoms with van der Waals surface area (Å²) in [6, 6.07) is 169. The Balaban J connectivity index is 0.000000107. The number of fused-ring (bicyclic) bond motifs is 18. The van der Waals surface area contributed by atoms with Gasteiger partial charge in [0.15, 0.2) is 0 Å². The standard InChI is InChI=1S/C46H30N4.2C40H26N4/c1-3-10-34(11-4-1)44-43-28-25-35-12-9-29-47-45(35)50(43)46(48-44)36-23-21-32(22-24-36)31-17-19-33(20-18-31)37-26-27-42-40(30-37)39-15-7-8-16-41(39)49(42)38-13-5-2-6-14-38;1-3-11-27(12-4-1)38-37-23-20-28-15-10-24-41-39(28)44(37)40(42-38)31-14-9-13-29(25-31)30-21-22-36-34(26-30)33-18-7-8-19-35(33)43(36)32-16-5-2-6-17-32;1-3-12-27(13-4-1)38-37-24-21-28-14-11-25-41-39(28)44(37)40(42-38)33-19-8-7-17-31(33)29-22-23-36-34(26-29)32-18-9-10-20-35(32)43(36)30-15-5-2-6-16-30/h1-30H;2*1-26H. The second kappa shape index (κ2) is 33.8. The molecule has 28 rings (SSSR count). The van der Waals surface area contributed by atoms with Crippen molar-refractivity contribution in [3.63, 3.8) is 0 Å². The third-order valence-corrected chi connectivity index (χ3v) is 26.9. The molecule has 12 aromatic heterocycles. The zero-order valence-electron chi connectivity index (χ0n) is 74.7. The number of nitrogens with zero attached hydrogens (tertiary/aromatic N) is 12. The molecule has 12 nitrogen and oxygen atoms in total. The second-order valence-corrected chi connectivity index (χ2v) is 34.9. The number of benzene rings is 16. The van der Waals surface area contributed by atoms with E-state index in [2.05, 4.69) is 470 Å². The molecule has 0 aliphatic carbocycles. The predicted octanol–water partition coefficient (Wildman–Crippen LogP) is 31.6. The van der Waals surface area contributed by atoms with Gasteiger partial charge in [0.05, 0.1) is 66.7 Å². The highest BCUT2D eigenvalue weighted by Crippen LogP contribution is 2.45. The fourth-order valence-corrected chi connectivity index (χ4v) is 20.5. The van der Waals surface area contributed by atoms with Crippen LogP contribution in [0.1, 0.15) is 0 Å². The van der Waals surface area contributed by atoms with E-state index in [0.29, 0.717) is 0 Å². The number of para-hydroxylation sites is 6. The van der Waals surface area contributed by atoms with Gasteiger partial charge >= 0.3 is 0 Å². The fraction of sp³-hybridized carbons (Fsp3) is 0. The molecule has 646 valence electrons. The van der Waals surface area contributed by atoms with Gasteiger partial charge in [0.1, 0.15) is 34.4 Å². The summed E-state index contributed by atoms with van der Waals surface area (Å²) in [6.45, 7) is 0. The lowest BCUT2D eigenvalue weighted by atomic mass is 9.97. The molecule has 0 radical (unpaired) electrons. The fourth-order valence-electron chi connectivity index (χ4n) is 20.5. The minimum absolute atomic E-state index is 0.880. The van der Waals surface area contributed by atoms with E-state index < -0.39 is 0 Å². The molecule has 12 heterocycles. The third kappa shape index (κ3) is 13.8. The molecule has 0 atom stereocenters. The molecule has 0 amide bonds. The molecule has 16 aromatic carbocycles. The van der Waals surface area contributed by atoms with Crippen LogP contribution in [0.25, 0.3) is 245 Å². The number of hydrogen-bond donors (Lipinski definition) is 0. The van der Waals surface area contributed by atoms with Gasteiger partial charge in [-0.3, -0.25) is 13.2 Å². The highest BCUT2D eigenvalue weighted by molar-refractivity contribution is 6.14. The van der Waals surface area contributed by atoms with Crippen LogP contribution in [0.4, 0.5) is 0 Å². The van der Waals surface area contributed by atoms with Crippen molar-refractivity contribution in [3.8, 4) is 130 Å². The van der Waals surface area contributed by atoms with Crippen LogP contribution in [0.5, 0.6) is 0 Å². The highest BCUT2D eigenvalue weighted by Gasteiger charge is 2.26. The van der Waals surface area contributed by atoms with Gasteiger partial charge in [-0.25, -0.2) is 29.9 Å². The van der Waals surface area contributed by atoms with Crippen LogP contribution in [-0.4, -0.2) is 56.8 Å². The number of rotatable bonds is 13. The molecular weight excluding hydrogens is 1680 g/mol. The smallest absolute Gasteiger partial charge is 0.147 e. The Hall–Kier alpha value is -18.8. The van der Waals surface area contributed by atoms with Gasteiger partial charge in [-0.15, -0.1) is 0 Å².